The van der Waals surface area contributed by atoms with Gasteiger partial charge in [0, 0.05) is 6.54 Å². The SMILES string of the molecule is CCCNc1cc(C(=O)O)cc(S(N)(=O)=O)c1OC. The molecule has 0 spiro atoms. The molecule has 0 aromatic heterocycles. The molecule has 0 amide bonds. The van der Waals surface area contributed by atoms with Crippen LogP contribution in [0.4, 0.5) is 5.69 Å². The van der Waals surface area contributed by atoms with Crippen molar-refractivity contribution in [1.29, 1.82) is 0 Å². The smallest absolute Gasteiger partial charge is 0.335 e. The second-order valence-corrected chi connectivity index (χ2v) is 5.36. The molecule has 1 aromatic carbocycles. The first-order chi connectivity index (χ1) is 8.81. The number of hydrogen-bond donors (Lipinski definition) is 3. The molecule has 0 radical (unpaired) electrons. The molecule has 0 heterocycles. The highest BCUT2D eigenvalue weighted by atomic mass is 32.2. The molecule has 0 saturated heterocycles. The molecule has 0 aliphatic rings. The minimum atomic E-state index is -4.08. The van der Waals surface area contributed by atoms with Crippen LogP contribution in [0.2, 0.25) is 0 Å². The quantitative estimate of drug-likeness (QED) is 0.714. The second-order valence-electron chi connectivity index (χ2n) is 3.83. The van der Waals surface area contributed by atoms with Gasteiger partial charge in [-0.25, -0.2) is 18.4 Å². The lowest BCUT2D eigenvalue weighted by Gasteiger charge is -2.14. The van der Waals surface area contributed by atoms with E-state index < -0.39 is 16.0 Å². The fourth-order valence-corrected chi connectivity index (χ4v) is 2.28. The average Bonchev–Trinajstić information content (AvgIpc) is 2.33. The van der Waals surface area contributed by atoms with Gasteiger partial charge in [-0.2, -0.15) is 0 Å². The number of methoxy groups -OCH3 is 1. The summed E-state index contributed by atoms with van der Waals surface area (Å²) in [7, 11) is -2.78. The van der Waals surface area contributed by atoms with Crippen LogP contribution in [-0.4, -0.2) is 33.1 Å². The Morgan fingerprint density at radius 2 is 2.11 bits per heavy atom. The van der Waals surface area contributed by atoms with E-state index in [0.29, 0.717) is 6.54 Å². The van der Waals surface area contributed by atoms with E-state index in [0.717, 1.165) is 12.5 Å². The molecule has 1 rings (SSSR count). The molecule has 7 nitrogen and oxygen atoms in total. The van der Waals surface area contributed by atoms with Gasteiger partial charge >= 0.3 is 5.97 Å². The van der Waals surface area contributed by atoms with Gasteiger partial charge in [-0.05, 0) is 18.6 Å². The number of sulfonamides is 1. The summed E-state index contributed by atoms with van der Waals surface area (Å²) < 4.78 is 28.0. The number of carboxylic acid groups (broad SMARTS) is 1. The zero-order valence-corrected chi connectivity index (χ0v) is 11.5. The molecule has 0 atom stereocenters. The number of aromatic carboxylic acids is 1. The van der Waals surface area contributed by atoms with Gasteiger partial charge in [-0.3, -0.25) is 0 Å². The van der Waals surface area contributed by atoms with E-state index in [1.165, 1.54) is 13.2 Å². The van der Waals surface area contributed by atoms with Gasteiger partial charge < -0.3 is 15.2 Å². The summed E-state index contributed by atoms with van der Waals surface area (Å²) in [4.78, 5) is 10.6. The molecule has 4 N–H and O–H groups in total. The summed E-state index contributed by atoms with van der Waals surface area (Å²) in [5, 5.41) is 17.0. The lowest BCUT2D eigenvalue weighted by molar-refractivity contribution is 0.0696. The largest absolute Gasteiger partial charge is 0.493 e. The van der Waals surface area contributed by atoms with Gasteiger partial charge in [0.25, 0.3) is 0 Å². The van der Waals surface area contributed by atoms with Crippen LogP contribution in [0.3, 0.4) is 0 Å². The van der Waals surface area contributed by atoms with Gasteiger partial charge in [0.1, 0.15) is 4.90 Å². The maximum atomic E-state index is 11.5. The van der Waals surface area contributed by atoms with Gasteiger partial charge in [-0.1, -0.05) is 6.92 Å². The van der Waals surface area contributed by atoms with E-state index in [-0.39, 0.29) is 21.9 Å². The number of carboxylic acids is 1. The molecule has 0 bridgehead atoms. The van der Waals surface area contributed by atoms with Crippen LogP contribution in [-0.2, 0) is 10.0 Å². The summed E-state index contributed by atoms with van der Waals surface area (Å²) in [5.41, 5.74) is 0.108. The number of carbonyl (C=O) groups is 1. The molecule has 0 aliphatic carbocycles. The third-order valence-electron chi connectivity index (χ3n) is 2.38. The van der Waals surface area contributed by atoms with E-state index >= 15 is 0 Å². The Morgan fingerprint density at radius 3 is 2.53 bits per heavy atom. The Morgan fingerprint density at radius 1 is 1.47 bits per heavy atom. The second kappa shape index (κ2) is 5.89. The Balaban J connectivity index is 3.51. The van der Waals surface area contributed by atoms with E-state index in [1.807, 2.05) is 6.92 Å². The van der Waals surface area contributed by atoms with Gasteiger partial charge in [0.05, 0.1) is 18.4 Å². The fourth-order valence-electron chi connectivity index (χ4n) is 1.54. The van der Waals surface area contributed by atoms with Gasteiger partial charge in [-0.15, -0.1) is 0 Å². The van der Waals surface area contributed by atoms with E-state index in [9.17, 15) is 13.2 Å². The normalized spacial score (nSPS) is 11.1. The minimum Gasteiger partial charge on any atom is -0.493 e. The van der Waals surface area contributed by atoms with Crippen LogP contribution in [0.5, 0.6) is 5.75 Å². The molecular weight excluding hydrogens is 272 g/mol. The lowest BCUT2D eigenvalue weighted by atomic mass is 10.2. The maximum absolute atomic E-state index is 11.5. The fraction of sp³-hybridized carbons (Fsp3) is 0.364. The van der Waals surface area contributed by atoms with Crippen molar-refractivity contribution in [2.24, 2.45) is 5.14 Å². The molecule has 0 aliphatic heterocycles. The summed E-state index contributed by atoms with van der Waals surface area (Å²) in [6.45, 7) is 2.46. The number of anilines is 1. The maximum Gasteiger partial charge on any atom is 0.335 e. The Bertz CT molecular complexity index is 583. The first-order valence-corrected chi connectivity index (χ1v) is 7.07. The highest BCUT2D eigenvalue weighted by Gasteiger charge is 2.21. The first-order valence-electron chi connectivity index (χ1n) is 5.53. The highest BCUT2D eigenvalue weighted by Crippen LogP contribution is 2.33. The molecule has 8 heteroatoms. The van der Waals surface area contributed by atoms with Crippen molar-refractivity contribution in [2.45, 2.75) is 18.2 Å². The molecule has 0 fully saturated rings. The minimum absolute atomic E-state index is 0.0148. The van der Waals surface area contributed by atoms with Crippen LogP contribution >= 0.6 is 0 Å². The molecule has 106 valence electrons. The van der Waals surface area contributed by atoms with Crippen molar-refractivity contribution in [3.63, 3.8) is 0 Å². The number of rotatable bonds is 6. The summed E-state index contributed by atoms with van der Waals surface area (Å²) in [6.07, 6.45) is 0.783. The summed E-state index contributed by atoms with van der Waals surface area (Å²) in [5.74, 6) is -1.23. The number of benzene rings is 1. The molecular formula is C11H16N2O5S. The van der Waals surface area contributed by atoms with Crippen molar-refractivity contribution in [3.05, 3.63) is 17.7 Å². The number of hydrogen-bond acceptors (Lipinski definition) is 5. The first kappa shape index (κ1) is 15.3. The van der Waals surface area contributed by atoms with Crippen molar-refractivity contribution in [2.75, 3.05) is 19.0 Å². The van der Waals surface area contributed by atoms with E-state index in [1.54, 1.807) is 0 Å². The number of primary sulfonamides is 1. The van der Waals surface area contributed by atoms with Crippen molar-refractivity contribution < 1.29 is 23.1 Å². The van der Waals surface area contributed by atoms with Gasteiger partial charge in [0.15, 0.2) is 5.75 Å². The zero-order chi connectivity index (χ0) is 14.6. The van der Waals surface area contributed by atoms with E-state index in [2.05, 4.69) is 5.32 Å². The molecule has 19 heavy (non-hydrogen) atoms. The average molecular weight is 288 g/mol. The lowest BCUT2D eigenvalue weighted by Crippen LogP contribution is -2.16. The highest BCUT2D eigenvalue weighted by molar-refractivity contribution is 7.89. The van der Waals surface area contributed by atoms with Crippen LogP contribution in [0.25, 0.3) is 0 Å². The zero-order valence-electron chi connectivity index (χ0n) is 10.6. The summed E-state index contributed by atoms with van der Waals surface area (Å²) >= 11 is 0. The Hall–Kier alpha value is -1.80. The van der Waals surface area contributed by atoms with Crippen LogP contribution < -0.4 is 15.2 Å². The van der Waals surface area contributed by atoms with Crippen molar-refractivity contribution in [3.8, 4) is 5.75 Å². The van der Waals surface area contributed by atoms with Crippen LogP contribution in [0, 0.1) is 0 Å². The molecule has 0 saturated carbocycles. The Labute approximate surface area is 111 Å². The molecule has 1 aromatic rings. The number of ether oxygens (including phenoxy) is 1. The third kappa shape index (κ3) is 3.58. The number of nitrogens with two attached hydrogens (primary N) is 1. The van der Waals surface area contributed by atoms with Crippen LogP contribution in [0.1, 0.15) is 23.7 Å². The number of nitrogens with one attached hydrogen (secondary N) is 1. The van der Waals surface area contributed by atoms with E-state index in [4.69, 9.17) is 15.0 Å². The standard InChI is InChI=1S/C11H16N2O5S/c1-3-4-13-8-5-7(11(14)15)6-9(10(8)18-2)19(12,16)17/h5-6,13H,3-4H2,1-2H3,(H,14,15)(H2,12,16,17). The molecule has 0 unspecified atom stereocenters. The third-order valence-corrected chi connectivity index (χ3v) is 3.29. The van der Waals surface area contributed by atoms with Crippen molar-refractivity contribution in [1.82, 2.24) is 0 Å². The van der Waals surface area contributed by atoms with Crippen molar-refractivity contribution >= 4 is 21.7 Å². The monoisotopic (exact) mass is 288 g/mol. The van der Waals surface area contributed by atoms with Crippen LogP contribution in [0.15, 0.2) is 17.0 Å². The Kier molecular flexibility index (Phi) is 4.73. The predicted molar refractivity (Wildman–Crippen MR) is 70.1 cm³/mol. The van der Waals surface area contributed by atoms with Gasteiger partial charge in [0.2, 0.25) is 10.0 Å². The predicted octanol–water partition coefficient (Wildman–Crippen LogP) is 0.863. The topological polar surface area (TPSA) is 119 Å². The summed E-state index contributed by atoms with van der Waals surface area (Å²) in [6, 6.07) is 2.29.